The average molecular weight is 242 g/mol. The van der Waals surface area contributed by atoms with E-state index in [4.69, 9.17) is 11.6 Å². The molecule has 0 heterocycles. The molecule has 0 spiro atoms. The zero-order chi connectivity index (χ0) is 11.2. The van der Waals surface area contributed by atoms with E-state index in [0.29, 0.717) is 25.4 Å². The van der Waals surface area contributed by atoms with E-state index in [0.717, 1.165) is 0 Å². The quantitative estimate of drug-likeness (QED) is 0.639. The summed E-state index contributed by atoms with van der Waals surface area (Å²) in [5.74, 6) is 0.904. The maximum absolute atomic E-state index is 11.8. The number of halogens is 1. The topological polar surface area (TPSA) is 37.4 Å². The molecule has 0 atom stereocenters. The van der Waals surface area contributed by atoms with E-state index >= 15 is 0 Å². The summed E-state index contributed by atoms with van der Waals surface area (Å²) >= 11 is 5.54. The maximum Gasteiger partial charge on any atom is 0.214 e. The summed E-state index contributed by atoms with van der Waals surface area (Å²) in [5.41, 5.74) is 0. The molecule has 5 heteroatoms. The Balaban J connectivity index is 4.34. The van der Waals surface area contributed by atoms with Crippen molar-refractivity contribution >= 4 is 21.6 Å². The first-order valence-electron chi connectivity index (χ1n) is 4.97. The SMILES string of the molecule is CCN(CCCCl)S(=O)(=O)CC(C)C. The second kappa shape index (κ2) is 6.64. The Hall–Kier alpha value is 0.200. The first-order valence-corrected chi connectivity index (χ1v) is 7.12. The number of rotatable bonds is 7. The van der Waals surface area contributed by atoms with Gasteiger partial charge in [-0.05, 0) is 12.3 Å². The lowest BCUT2D eigenvalue weighted by Crippen LogP contribution is -2.35. The molecule has 14 heavy (non-hydrogen) atoms. The van der Waals surface area contributed by atoms with Crippen LogP contribution in [-0.4, -0.2) is 37.4 Å². The van der Waals surface area contributed by atoms with Crippen molar-refractivity contribution in [2.24, 2.45) is 5.92 Å². The van der Waals surface area contributed by atoms with Crippen LogP contribution < -0.4 is 0 Å². The van der Waals surface area contributed by atoms with Gasteiger partial charge < -0.3 is 0 Å². The molecular formula is C9H20ClNO2S. The van der Waals surface area contributed by atoms with Gasteiger partial charge in [0.05, 0.1) is 5.75 Å². The summed E-state index contributed by atoms with van der Waals surface area (Å²) in [7, 11) is -3.07. The molecule has 0 bridgehead atoms. The van der Waals surface area contributed by atoms with Crippen molar-refractivity contribution < 1.29 is 8.42 Å². The van der Waals surface area contributed by atoms with Gasteiger partial charge in [0.1, 0.15) is 0 Å². The highest BCUT2D eigenvalue weighted by Gasteiger charge is 2.20. The zero-order valence-electron chi connectivity index (χ0n) is 9.16. The Bertz CT molecular complexity index is 239. The van der Waals surface area contributed by atoms with Crippen LogP contribution in [0, 0.1) is 5.92 Å². The van der Waals surface area contributed by atoms with Gasteiger partial charge in [0.2, 0.25) is 10.0 Å². The number of nitrogens with zero attached hydrogens (tertiary/aromatic N) is 1. The van der Waals surface area contributed by atoms with E-state index in [1.165, 1.54) is 4.31 Å². The van der Waals surface area contributed by atoms with Crippen molar-refractivity contribution in [3.05, 3.63) is 0 Å². The first kappa shape index (κ1) is 14.2. The standard InChI is InChI=1S/C9H20ClNO2S/c1-4-11(7-5-6-10)14(12,13)8-9(2)3/h9H,4-8H2,1-3H3. The Kier molecular flexibility index (Phi) is 6.74. The molecule has 0 aromatic heterocycles. The average Bonchev–Trinajstić information content (AvgIpc) is 2.02. The summed E-state index contributed by atoms with van der Waals surface area (Å²) in [6, 6.07) is 0. The number of sulfonamides is 1. The van der Waals surface area contributed by atoms with Gasteiger partial charge in [-0.3, -0.25) is 0 Å². The Morgan fingerprint density at radius 1 is 1.36 bits per heavy atom. The van der Waals surface area contributed by atoms with E-state index in [1.807, 2.05) is 20.8 Å². The monoisotopic (exact) mass is 241 g/mol. The molecule has 0 N–H and O–H groups in total. The van der Waals surface area contributed by atoms with Gasteiger partial charge in [-0.1, -0.05) is 20.8 Å². The molecule has 0 rings (SSSR count). The molecule has 0 unspecified atom stereocenters. The molecule has 0 radical (unpaired) electrons. The van der Waals surface area contributed by atoms with Crippen LogP contribution in [0.1, 0.15) is 27.2 Å². The minimum atomic E-state index is -3.07. The molecule has 0 aliphatic rings. The van der Waals surface area contributed by atoms with Crippen LogP contribution in [0.25, 0.3) is 0 Å². The third-order valence-electron chi connectivity index (χ3n) is 1.83. The summed E-state index contributed by atoms with van der Waals surface area (Å²) in [5, 5.41) is 0. The molecule has 0 saturated carbocycles. The number of alkyl halides is 1. The second-order valence-corrected chi connectivity index (χ2v) is 6.10. The van der Waals surface area contributed by atoms with Crippen molar-refractivity contribution in [3.63, 3.8) is 0 Å². The van der Waals surface area contributed by atoms with Crippen molar-refractivity contribution in [2.75, 3.05) is 24.7 Å². The lowest BCUT2D eigenvalue weighted by molar-refractivity contribution is 0.423. The predicted molar refractivity (Wildman–Crippen MR) is 61.2 cm³/mol. The zero-order valence-corrected chi connectivity index (χ0v) is 10.7. The minimum absolute atomic E-state index is 0.171. The van der Waals surface area contributed by atoms with E-state index in [2.05, 4.69) is 0 Å². The van der Waals surface area contributed by atoms with Gasteiger partial charge in [-0.25, -0.2) is 12.7 Å². The fourth-order valence-electron chi connectivity index (χ4n) is 1.26. The van der Waals surface area contributed by atoms with Crippen LogP contribution in [0.2, 0.25) is 0 Å². The lowest BCUT2D eigenvalue weighted by Gasteiger charge is -2.20. The smallest absolute Gasteiger partial charge is 0.212 e. The Morgan fingerprint density at radius 2 is 1.93 bits per heavy atom. The van der Waals surface area contributed by atoms with Crippen LogP contribution in [0.15, 0.2) is 0 Å². The van der Waals surface area contributed by atoms with E-state index in [-0.39, 0.29) is 11.7 Å². The Labute approximate surface area is 92.5 Å². The van der Waals surface area contributed by atoms with Gasteiger partial charge >= 0.3 is 0 Å². The predicted octanol–water partition coefficient (Wildman–Crippen LogP) is 1.92. The van der Waals surface area contributed by atoms with E-state index in [9.17, 15) is 8.42 Å². The fraction of sp³-hybridized carbons (Fsp3) is 1.00. The molecule has 0 fully saturated rings. The highest BCUT2D eigenvalue weighted by Crippen LogP contribution is 2.07. The first-order chi connectivity index (χ1) is 6.44. The lowest BCUT2D eigenvalue weighted by atomic mass is 10.3. The summed E-state index contributed by atoms with van der Waals surface area (Å²) < 4.78 is 25.0. The second-order valence-electron chi connectivity index (χ2n) is 3.71. The highest BCUT2D eigenvalue weighted by molar-refractivity contribution is 7.89. The van der Waals surface area contributed by atoms with Crippen LogP contribution in [0.4, 0.5) is 0 Å². The largest absolute Gasteiger partial charge is 0.214 e. The molecular weight excluding hydrogens is 222 g/mol. The normalized spacial score (nSPS) is 12.7. The van der Waals surface area contributed by atoms with Gasteiger partial charge in [0.15, 0.2) is 0 Å². The molecule has 0 aliphatic heterocycles. The van der Waals surface area contributed by atoms with Crippen molar-refractivity contribution in [1.82, 2.24) is 4.31 Å². The highest BCUT2D eigenvalue weighted by atomic mass is 35.5. The van der Waals surface area contributed by atoms with Crippen molar-refractivity contribution in [1.29, 1.82) is 0 Å². The summed E-state index contributed by atoms with van der Waals surface area (Å²) in [4.78, 5) is 0. The number of hydrogen-bond acceptors (Lipinski definition) is 2. The molecule has 0 amide bonds. The maximum atomic E-state index is 11.8. The van der Waals surface area contributed by atoms with Gasteiger partial charge in [0.25, 0.3) is 0 Å². The van der Waals surface area contributed by atoms with Crippen LogP contribution >= 0.6 is 11.6 Å². The van der Waals surface area contributed by atoms with Gasteiger partial charge in [-0.2, -0.15) is 0 Å². The Morgan fingerprint density at radius 3 is 2.29 bits per heavy atom. The molecule has 0 aromatic carbocycles. The summed E-state index contributed by atoms with van der Waals surface area (Å²) in [6.07, 6.45) is 0.715. The van der Waals surface area contributed by atoms with Crippen LogP contribution in [0.3, 0.4) is 0 Å². The van der Waals surface area contributed by atoms with Crippen molar-refractivity contribution in [2.45, 2.75) is 27.2 Å². The third-order valence-corrected chi connectivity index (χ3v) is 4.41. The molecule has 0 aromatic rings. The molecule has 0 saturated heterocycles. The van der Waals surface area contributed by atoms with E-state index in [1.54, 1.807) is 0 Å². The van der Waals surface area contributed by atoms with E-state index < -0.39 is 10.0 Å². The third kappa shape index (κ3) is 5.17. The van der Waals surface area contributed by atoms with Crippen LogP contribution in [-0.2, 0) is 10.0 Å². The summed E-state index contributed by atoms with van der Waals surface area (Å²) in [6.45, 7) is 6.74. The fourth-order valence-corrected chi connectivity index (χ4v) is 3.23. The molecule has 3 nitrogen and oxygen atoms in total. The van der Waals surface area contributed by atoms with Crippen molar-refractivity contribution in [3.8, 4) is 0 Å². The molecule has 0 aliphatic carbocycles. The van der Waals surface area contributed by atoms with Gasteiger partial charge in [-0.15, -0.1) is 11.6 Å². The minimum Gasteiger partial charge on any atom is -0.212 e. The van der Waals surface area contributed by atoms with Crippen LogP contribution in [0.5, 0.6) is 0 Å². The number of hydrogen-bond donors (Lipinski definition) is 0. The van der Waals surface area contributed by atoms with Gasteiger partial charge in [0, 0.05) is 19.0 Å². The molecule has 86 valence electrons.